The van der Waals surface area contributed by atoms with Gasteiger partial charge in [0.15, 0.2) is 5.16 Å². The second-order valence-corrected chi connectivity index (χ2v) is 9.51. The van der Waals surface area contributed by atoms with Crippen LogP contribution in [0.5, 0.6) is 0 Å². The summed E-state index contributed by atoms with van der Waals surface area (Å²) in [5.41, 5.74) is 0.948. The largest absolute Gasteiger partial charge is 0.325 e. The van der Waals surface area contributed by atoms with Crippen LogP contribution in [0, 0.1) is 6.92 Å². The Balaban J connectivity index is 1.69. The zero-order valence-corrected chi connectivity index (χ0v) is 18.9. The fraction of sp³-hybridized carbons (Fsp3) is 0.190. The number of aryl methyl sites for hydroxylation is 1. The summed E-state index contributed by atoms with van der Waals surface area (Å²) in [6.45, 7) is 6.10. The van der Waals surface area contributed by atoms with Crippen molar-refractivity contribution in [2.24, 2.45) is 0 Å². The highest BCUT2D eigenvalue weighted by Gasteiger charge is 2.21. The summed E-state index contributed by atoms with van der Waals surface area (Å²) >= 11 is 1.25. The molecule has 1 heterocycles. The van der Waals surface area contributed by atoms with Crippen molar-refractivity contribution in [2.45, 2.75) is 23.5 Å². The number of benzene rings is 2. The number of aromatic nitrogens is 3. The minimum atomic E-state index is -3.77. The molecule has 0 spiro atoms. The number of carbonyl (C=O) groups is 1. The summed E-state index contributed by atoms with van der Waals surface area (Å²) in [4.78, 5) is 12.5. The molecule has 10 heteroatoms. The first-order valence-electron chi connectivity index (χ1n) is 9.40. The van der Waals surface area contributed by atoms with E-state index in [0.29, 0.717) is 23.1 Å². The Morgan fingerprint density at radius 3 is 2.65 bits per heavy atom. The van der Waals surface area contributed by atoms with Gasteiger partial charge < -0.3 is 9.88 Å². The van der Waals surface area contributed by atoms with Crippen LogP contribution < -0.4 is 9.62 Å². The third-order valence-corrected chi connectivity index (χ3v) is 7.19. The number of para-hydroxylation sites is 1. The van der Waals surface area contributed by atoms with E-state index in [4.69, 9.17) is 0 Å². The lowest BCUT2D eigenvalue weighted by Crippen LogP contribution is -2.26. The van der Waals surface area contributed by atoms with Crippen molar-refractivity contribution < 1.29 is 13.2 Å². The highest BCUT2D eigenvalue weighted by atomic mass is 32.2. The van der Waals surface area contributed by atoms with Crippen LogP contribution in [0.3, 0.4) is 0 Å². The van der Waals surface area contributed by atoms with Crippen molar-refractivity contribution in [3.63, 3.8) is 0 Å². The number of thioether (sulfide) groups is 1. The van der Waals surface area contributed by atoms with Gasteiger partial charge in [-0.2, -0.15) is 0 Å². The molecule has 0 aliphatic heterocycles. The molecule has 8 nitrogen and oxygen atoms in total. The lowest BCUT2D eigenvalue weighted by atomic mass is 10.3. The minimum Gasteiger partial charge on any atom is -0.325 e. The zero-order chi connectivity index (χ0) is 22.4. The number of amides is 1. The molecule has 2 aromatic carbocycles. The van der Waals surface area contributed by atoms with Crippen LogP contribution in [0.2, 0.25) is 0 Å². The molecule has 3 aromatic rings. The van der Waals surface area contributed by atoms with Gasteiger partial charge in [0, 0.05) is 19.3 Å². The maximum atomic E-state index is 13.0. The van der Waals surface area contributed by atoms with E-state index in [2.05, 4.69) is 22.1 Å². The maximum Gasteiger partial charge on any atom is 0.264 e. The number of carbonyl (C=O) groups excluding carboxylic acids is 1. The molecular weight excluding hydrogens is 434 g/mol. The van der Waals surface area contributed by atoms with Crippen LogP contribution in [-0.4, -0.2) is 41.9 Å². The Morgan fingerprint density at radius 2 is 1.94 bits per heavy atom. The second kappa shape index (κ2) is 9.80. The molecule has 0 aliphatic carbocycles. The molecule has 0 unspecified atom stereocenters. The summed E-state index contributed by atoms with van der Waals surface area (Å²) in [5, 5.41) is 11.4. The molecule has 162 valence electrons. The smallest absolute Gasteiger partial charge is 0.264 e. The molecule has 0 aliphatic rings. The average Bonchev–Trinajstić information content (AvgIpc) is 3.12. The Hall–Kier alpha value is -3.11. The lowest BCUT2D eigenvalue weighted by molar-refractivity contribution is -0.113. The van der Waals surface area contributed by atoms with Crippen molar-refractivity contribution in [2.75, 3.05) is 22.4 Å². The summed E-state index contributed by atoms with van der Waals surface area (Å²) in [5.74, 6) is 0.570. The SMILES string of the molecule is C=CCn1c(C)nnc1SCC(=O)Nc1cccc(S(=O)(=O)N(C)c2ccccc2)c1. The number of nitrogens with one attached hydrogen (secondary N) is 1. The molecule has 3 rings (SSSR count). The van der Waals surface area contributed by atoms with Crippen LogP contribution in [0.25, 0.3) is 0 Å². The lowest BCUT2D eigenvalue weighted by Gasteiger charge is -2.19. The second-order valence-electron chi connectivity index (χ2n) is 6.60. The van der Waals surface area contributed by atoms with Gasteiger partial charge in [-0.15, -0.1) is 16.8 Å². The van der Waals surface area contributed by atoms with Gasteiger partial charge in [0.05, 0.1) is 16.3 Å². The Morgan fingerprint density at radius 1 is 1.19 bits per heavy atom. The van der Waals surface area contributed by atoms with Gasteiger partial charge in [0.2, 0.25) is 5.91 Å². The van der Waals surface area contributed by atoms with Crippen molar-refractivity contribution in [3.8, 4) is 0 Å². The van der Waals surface area contributed by atoms with E-state index in [-0.39, 0.29) is 16.6 Å². The Bertz CT molecular complexity index is 1180. The first kappa shape index (κ1) is 22.6. The van der Waals surface area contributed by atoms with Gasteiger partial charge in [-0.3, -0.25) is 9.10 Å². The summed E-state index contributed by atoms with van der Waals surface area (Å²) in [7, 11) is -2.27. The molecule has 0 bridgehead atoms. The first-order valence-corrected chi connectivity index (χ1v) is 11.8. The number of rotatable bonds is 9. The van der Waals surface area contributed by atoms with Crippen LogP contribution in [0.4, 0.5) is 11.4 Å². The standard InChI is InChI=1S/C21H23N5O3S2/c1-4-13-26-16(2)23-24-21(26)30-15-20(27)22-17-9-8-12-19(14-17)31(28,29)25(3)18-10-6-5-7-11-18/h4-12,14H,1,13,15H2,2-3H3,(H,22,27). The predicted octanol–water partition coefficient (Wildman–Crippen LogP) is 3.33. The predicted molar refractivity (Wildman–Crippen MR) is 123 cm³/mol. The number of sulfonamides is 1. The minimum absolute atomic E-state index is 0.0886. The van der Waals surface area contributed by atoms with E-state index in [9.17, 15) is 13.2 Å². The molecule has 1 aromatic heterocycles. The number of hydrogen-bond acceptors (Lipinski definition) is 6. The Labute approximate surface area is 186 Å². The van der Waals surface area contributed by atoms with Crippen LogP contribution >= 0.6 is 11.8 Å². The first-order chi connectivity index (χ1) is 14.8. The molecule has 0 atom stereocenters. The van der Waals surface area contributed by atoms with Gasteiger partial charge in [-0.1, -0.05) is 42.1 Å². The van der Waals surface area contributed by atoms with E-state index in [0.717, 1.165) is 5.82 Å². The normalized spacial score (nSPS) is 11.2. The zero-order valence-electron chi connectivity index (χ0n) is 17.2. The van der Waals surface area contributed by atoms with Crippen molar-refractivity contribution in [1.82, 2.24) is 14.8 Å². The molecule has 1 amide bonds. The average molecular weight is 458 g/mol. The molecular formula is C21H23N5O3S2. The fourth-order valence-corrected chi connectivity index (χ4v) is 4.84. The van der Waals surface area contributed by atoms with E-state index in [1.807, 2.05) is 17.6 Å². The Kier molecular flexibility index (Phi) is 7.13. The van der Waals surface area contributed by atoms with Gasteiger partial charge in [0.1, 0.15) is 5.82 Å². The van der Waals surface area contributed by atoms with Gasteiger partial charge in [-0.05, 0) is 37.3 Å². The van der Waals surface area contributed by atoms with E-state index in [1.165, 1.54) is 35.2 Å². The molecule has 1 N–H and O–H groups in total. The van der Waals surface area contributed by atoms with Crippen molar-refractivity contribution in [3.05, 3.63) is 73.1 Å². The quantitative estimate of drug-likeness (QED) is 0.391. The van der Waals surface area contributed by atoms with Crippen molar-refractivity contribution in [1.29, 1.82) is 0 Å². The van der Waals surface area contributed by atoms with E-state index < -0.39 is 10.0 Å². The van der Waals surface area contributed by atoms with Crippen LogP contribution in [0.15, 0.2) is 77.3 Å². The molecule has 0 fully saturated rings. The van der Waals surface area contributed by atoms with Gasteiger partial charge >= 0.3 is 0 Å². The highest BCUT2D eigenvalue weighted by Crippen LogP contribution is 2.24. The maximum absolute atomic E-state index is 13.0. The summed E-state index contributed by atoms with van der Waals surface area (Å²) < 4.78 is 29.0. The molecule has 0 saturated heterocycles. The number of nitrogens with zero attached hydrogens (tertiary/aromatic N) is 4. The monoisotopic (exact) mass is 457 g/mol. The summed E-state index contributed by atoms with van der Waals surface area (Å²) in [6, 6.07) is 15.0. The van der Waals surface area contributed by atoms with E-state index in [1.54, 1.807) is 42.5 Å². The molecule has 0 radical (unpaired) electrons. The third-order valence-electron chi connectivity index (χ3n) is 4.44. The summed E-state index contributed by atoms with van der Waals surface area (Å²) in [6.07, 6.45) is 1.74. The van der Waals surface area contributed by atoms with Gasteiger partial charge in [-0.25, -0.2) is 8.42 Å². The molecule has 0 saturated carbocycles. The topological polar surface area (TPSA) is 97.2 Å². The fourth-order valence-electron chi connectivity index (χ4n) is 2.80. The van der Waals surface area contributed by atoms with Crippen molar-refractivity contribution >= 4 is 39.1 Å². The number of hydrogen-bond donors (Lipinski definition) is 1. The van der Waals surface area contributed by atoms with Gasteiger partial charge in [0.25, 0.3) is 10.0 Å². The van der Waals surface area contributed by atoms with Crippen LogP contribution in [-0.2, 0) is 21.4 Å². The van der Waals surface area contributed by atoms with E-state index >= 15 is 0 Å². The molecule has 31 heavy (non-hydrogen) atoms. The third kappa shape index (κ3) is 5.33. The van der Waals surface area contributed by atoms with Crippen LogP contribution in [0.1, 0.15) is 5.82 Å². The highest BCUT2D eigenvalue weighted by molar-refractivity contribution is 7.99. The number of anilines is 2. The number of allylic oxidation sites excluding steroid dienone is 1.